The number of hydrogen-bond acceptors (Lipinski definition) is 5. The van der Waals surface area contributed by atoms with E-state index in [1.807, 2.05) is 19.9 Å². The zero-order valence-electron chi connectivity index (χ0n) is 15.0. The third-order valence-electron chi connectivity index (χ3n) is 4.73. The molecular weight excluding hydrogens is 354 g/mol. The van der Waals surface area contributed by atoms with Crippen LogP contribution in [0, 0.1) is 13.8 Å². The molecule has 3 rings (SSSR count). The summed E-state index contributed by atoms with van der Waals surface area (Å²) in [7, 11) is -3.40. The molecule has 0 bridgehead atoms. The van der Waals surface area contributed by atoms with Gasteiger partial charge in [-0.15, -0.1) is 11.3 Å². The third-order valence-corrected chi connectivity index (χ3v) is 7.67. The van der Waals surface area contributed by atoms with E-state index in [2.05, 4.69) is 22.2 Å². The van der Waals surface area contributed by atoms with Crippen molar-refractivity contribution in [3.63, 3.8) is 0 Å². The summed E-state index contributed by atoms with van der Waals surface area (Å²) >= 11 is 1.70. The highest BCUT2D eigenvalue weighted by Crippen LogP contribution is 2.21. The van der Waals surface area contributed by atoms with Gasteiger partial charge >= 0.3 is 0 Å². The van der Waals surface area contributed by atoms with E-state index in [1.165, 1.54) is 0 Å². The van der Waals surface area contributed by atoms with Gasteiger partial charge in [0.15, 0.2) is 0 Å². The van der Waals surface area contributed by atoms with Gasteiger partial charge in [0.2, 0.25) is 10.0 Å². The fourth-order valence-corrected chi connectivity index (χ4v) is 5.21. The second-order valence-corrected chi connectivity index (χ2v) is 9.39. The molecule has 2 heterocycles. The second-order valence-electron chi connectivity index (χ2n) is 6.51. The van der Waals surface area contributed by atoms with Crippen molar-refractivity contribution in [3.05, 3.63) is 45.4 Å². The number of sulfonamides is 1. The molecule has 25 heavy (non-hydrogen) atoms. The summed E-state index contributed by atoms with van der Waals surface area (Å²) in [5.41, 5.74) is 3.21. The first-order valence-electron chi connectivity index (χ1n) is 8.63. The summed E-state index contributed by atoms with van der Waals surface area (Å²) in [5.74, 6) is 0. The van der Waals surface area contributed by atoms with Crippen LogP contribution in [0.15, 0.2) is 28.5 Å². The van der Waals surface area contributed by atoms with Crippen LogP contribution in [0.3, 0.4) is 0 Å². The van der Waals surface area contributed by atoms with Crippen LogP contribution in [0.1, 0.15) is 28.8 Å². The Kier molecular flexibility index (Phi) is 5.58. The Bertz CT molecular complexity index is 838. The summed E-state index contributed by atoms with van der Waals surface area (Å²) in [6, 6.07) is 5.37. The van der Waals surface area contributed by atoms with Gasteiger partial charge in [0.05, 0.1) is 15.6 Å². The molecule has 1 aromatic heterocycles. The monoisotopic (exact) mass is 379 g/mol. The highest BCUT2D eigenvalue weighted by molar-refractivity contribution is 7.89. The number of hydrogen-bond donors (Lipinski definition) is 0. The van der Waals surface area contributed by atoms with E-state index in [4.69, 9.17) is 0 Å². The molecule has 0 atom stereocenters. The van der Waals surface area contributed by atoms with Crippen LogP contribution in [-0.4, -0.2) is 48.8 Å². The zero-order chi connectivity index (χ0) is 18.0. The summed E-state index contributed by atoms with van der Waals surface area (Å²) in [6.07, 6.45) is 0.965. The molecule has 0 amide bonds. The molecule has 0 N–H and O–H groups in total. The van der Waals surface area contributed by atoms with E-state index in [-0.39, 0.29) is 0 Å². The van der Waals surface area contributed by atoms with Crippen molar-refractivity contribution in [2.45, 2.75) is 38.6 Å². The maximum atomic E-state index is 12.9. The number of benzene rings is 1. The van der Waals surface area contributed by atoms with Crippen LogP contribution in [0.4, 0.5) is 0 Å². The molecule has 0 spiro atoms. The topological polar surface area (TPSA) is 53.5 Å². The molecule has 0 saturated carbocycles. The van der Waals surface area contributed by atoms with Crippen LogP contribution in [0.5, 0.6) is 0 Å². The lowest BCUT2D eigenvalue weighted by atomic mass is 10.1. The Morgan fingerprint density at radius 3 is 2.44 bits per heavy atom. The molecule has 1 aliphatic heterocycles. The lowest BCUT2D eigenvalue weighted by molar-refractivity contribution is 0.180. The minimum absolute atomic E-state index is 0.399. The Morgan fingerprint density at radius 2 is 1.84 bits per heavy atom. The molecular formula is C18H25N3O2S2. The fourth-order valence-electron chi connectivity index (χ4n) is 2.96. The number of piperazine rings is 1. The van der Waals surface area contributed by atoms with Crippen LogP contribution in [0.25, 0.3) is 0 Å². The van der Waals surface area contributed by atoms with Gasteiger partial charge in [-0.05, 0) is 43.5 Å². The molecule has 2 aromatic rings. The third kappa shape index (κ3) is 4.11. The van der Waals surface area contributed by atoms with Gasteiger partial charge in [-0.2, -0.15) is 4.31 Å². The van der Waals surface area contributed by atoms with Crippen molar-refractivity contribution in [1.29, 1.82) is 0 Å². The maximum Gasteiger partial charge on any atom is 0.243 e. The fraction of sp³-hybridized carbons (Fsp3) is 0.500. The molecule has 1 aliphatic rings. The molecule has 1 saturated heterocycles. The highest BCUT2D eigenvalue weighted by atomic mass is 32.2. The summed E-state index contributed by atoms with van der Waals surface area (Å²) in [4.78, 5) is 7.28. The van der Waals surface area contributed by atoms with Crippen LogP contribution >= 0.6 is 11.3 Å². The maximum absolute atomic E-state index is 12.9. The summed E-state index contributed by atoms with van der Waals surface area (Å²) in [5, 5.41) is 3.27. The quantitative estimate of drug-likeness (QED) is 0.802. The lowest BCUT2D eigenvalue weighted by Crippen LogP contribution is -2.48. The Hall–Kier alpha value is -1.28. The summed E-state index contributed by atoms with van der Waals surface area (Å²) in [6.45, 7) is 9.39. The van der Waals surface area contributed by atoms with Crippen molar-refractivity contribution in [2.24, 2.45) is 0 Å². The highest BCUT2D eigenvalue weighted by Gasteiger charge is 2.28. The van der Waals surface area contributed by atoms with E-state index in [1.54, 1.807) is 27.8 Å². The first-order valence-corrected chi connectivity index (χ1v) is 10.9. The SMILES string of the molecule is CCc1nc(CN2CCN(S(=O)(=O)c3ccc(C)c(C)c3)CC2)cs1. The van der Waals surface area contributed by atoms with Crippen molar-refractivity contribution in [2.75, 3.05) is 26.2 Å². The van der Waals surface area contributed by atoms with Crippen LogP contribution < -0.4 is 0 Å². The molecule has 1 aromatic carbocycles. The smallest absolute Gasteiger partial charge is 0.243 e. The van der Waals surface area contributed by atoms with Gasteiger partial charge in [-0.25, -0.2) is 13.4 Å². The normalized spacial score (nSPS) is 17.1. The zero-order valence-corrected chi connectivity index (χ0v) is 16.7. The predicted molar refractivity (Wildman–Crippen MR) is 101 cm³/mol. The van der Waals surface area contributed by atoms with Gasteiger partial charge in [-0.1, -0.05) is 13.0 Å². The van der Waals surface area contributed by atoms with Gasteiger partial charge in [0.25, 0.3) is 0 Å². The predicted octanol–water partition coefficient (Wildman–Crippen LogP) is 2.83. The van der Waals surface area contributed by atoms with Gasteiger partial charge < -0.3 is 0 Å². The first kappa shape index (κ1) is 18.5. The molecule has 5 nitrogen and oxygen atoms in total. The summed E-state index contributed by atoms with van der Waals surface area (Å²) < 4.78 is 27.3. The second kappa shape index (κ2) is 7.53. The minimum atomic E-state index is -3.40. The van der Waals surface area contributed by atoms with Gasteiger partial charge in [0, 0.05) is 38.1 Å². The Labute approximate surface area is 154 Å². The van der Waals surface area contributed by atoms with Crippen LogP contribution in [-0.2, 0) is 23.0 Å². The van der Waals surface area contributed by atoms with E-state index in [9.17, 15) is 8.42 Å². The largest absolute Gasteiger partial charge is 0.295 e. The standard InChI is InChI=1S/C18H25N3O2S2/c1-4-18-19-16(13-24-18)12-20-7-9-21(10-8-20)25(22,23)17-6-5-14(2)15(3)11-17/h5-6,11,13H,4,7-10,12H2,1-3H3. The van der Waals surface area contributed by atoms with Crippen molar-refractivity contribution in [1.82, 2.24) is 14.2 Å². The lowest BCUT2D eigenvalue weighted by Gasteiger charge is -2.33. The van der Waals surface area contributed by atoms with E-state index in [0.717, 1.165) is 47.9 Å². The number of thiazole rings is 1. The number of aromatic nitrogens is 1. The van der Waals surface area contributed by atoms with Crippen molar-refractivity contribution < 1.29 is 8.42 Å². The van der Waals surface area contributed by atoms with Crippen molar-refractivity contribution in [3.8, 4) is 0 Å². The minimum Gasteiger partial charge on any atom is -0.295 e. The number of nitrogens with zero attached hydrogens (tertiary/aromatic N) is 3. The Morgan fingerprint density at radius 1 is 1.12 bits per heavy atom. The van der Waals surface area contributed by atoms with Crippen LogP contribution in [0.2, 0.25) is 0 Å². The number of aryl methyl sites for hydroxylation is 3. The van der Waals surface area contributed by atoms with E-state index >= 15 is 0 Å². The molecule has 1 fully saturated rings. The molecule has 0 aliphatic carbocycles. The van der Waals surface area contributed by atoms with Crippen molar-refractivity contribution >= 4 is 21.4 Å². The first-order chi connectivity index (χ1) is 11.9. The molecule has 0 unspecified atom stereocenters. The Balaban J connectivity index is 1.63. The average Bonchev–Trinajstić information content (AvgIpc) is 3.05. The molecule has 7 heteroatoms. The van der Waals surface area contributed by atoms with Gasteiger partial charge in [-0.3, -0.25) is 4.90 Å². The molecule has 0 radical (unpaired) electrons. The molecule has 136 valence electrons. The van der Waals surface area contributed by atoms with E-state index in [0.29, 0.717) is 18.0 Å². The average molecular weight is 380 g/mol. The van der Waals surface area contributed by atoms with E-state index < -0.39 is 10.0 Å². The number of rotatable bonds is 5. The van der Waals surface area contributed by atoms with Gasteiger partial charge in [0.1, 0.15) is 0 Å².